The molecule has 0 N–H and O–H groups in total. The van der Waals surface area contributed by atoms with Crippen molar-refractivity contribution in [3.8, 4) is 0 Å². The summed E-state index contributed by atoms with van der Waals surface area (Å²) in [6, 6.07) is 13.6. The van der Waals surface area contributed by atoms with E-state index in [1.54, 1.807) is 28.6 Å². The van der Waals surface area contributed by atoms with Crippen LogP contribution in [0.15, 0.2) is 53.4 Å². The summed E-state index contributed by atoms with van der Waals surface area (Å²) in [7, 11) is -3.46. The molecular weight excluding hydrogens is 352 g/mol. The van der Waals surface area contributed by atoms with E-state index in [1.807, 2.05) is 19.1 Å². The highest BCUT2D eigenvalue weighted by molar-refractivity contribution is 7.89. The van der Waals surface area contributed by atoms with Crippen molar-refractivity contribution in [2.45, 2.75) is 24.2 Å². The average molecular weight is 372 g/mol. The molecule has 1 heterocycles. The molecule has 0 aromatic heterocycles. The van der Waals surface area contributed by atoms with E-state index in [2.05, 4.69) is 0 Å². The summed E-state index contributed by atoms with van der Waals surface area (Å²) in [5.74, 6) is 0.936. The Balaban J connectivity index is 1.50. The van der Waals surface area contributed by atoms with Crippen molar-refractivity contribution in [1.82, 2.24) is 4.31 Å². The third-order valence-corrected chi connectivity index (χ3v) is 7.57. The van der Waals surface area contributed by atoms with E-state index in [0.717, 1.165) is 17.5 Å². The topological polar surface area (TPSA) is 80.5 Å². The normalized spacial score (nSPS) is 25.5. The Morgan fingerprint density at radius 2 is 1.69 bits per heavy atom. The molecule has 4 rings (SSSR count). The average Bonchev–Trinajstić information content (AvgIpc) is 2.93. The smallest absolute Gasteiger partial charge is 0.258 e. The molecule has 2 fully saturated rings. The molecule has 1 saturated carbocycles. The van der Waals surface area contributed by atoms with Gasteiger partial charge in [-0.1, -0.05) is 29.8 Å². The maximum atomic E-state index is 12.9. The minimum atomic E-state index is -3.46. The fourth-order valence-electron chi connectivity index (χ4n) is 4.15. The van der Waals surface area contributed by atoms with Crippen molar-refractivity contribution in [3.05, 3.63) is 69.8 Å². The standard InChI is InChI=1S/C19H20N2O4S/c1-13-2-8-17(9-3-13)26(24,25)20-11-15-10-18(19(15)12-20)14-4-6-16(7-5-14)21(22)23/h2-9,15,18-19H,10-12H2,1H3/t15-,18-,19+/m1/s1. The lowest BCUT2D eigenvalue weighted by Gasteiger charge is -2.39. The molecule has 2 aromatic carbocycles. The first-order valence-corrected chi connectivity index (χ1v) is 10.1. The van der Waals surface area contributed by atoms with Crippen molar-refractivity contribution in [2.75, 3.05) is 13.1 Å². The zero-order valence-electron chi connectivity index (χ0n) is 14.4. The SMILES string of the molecule is Cc1ccc(S(=O)(=O)N2C[C@H]3C[C@H](c4ccc([N+](=O)[O-])cc4)[C@H]3C2)cc1. The molecular formula is C19H20N2O4S. The molecule has 6 nitrogen and oxygen atoms in total. The van der Waals surface area contributed by atoms with Crippen molar-refractivity contribution in [1.29, 1.82) is 0 Å². The van der Waals surface area contributed by atoms with Gasteiger partial charge in [-0.15, -0.1) is 0 Å². The van der Waals surface area contributed by atoms with Gasteiger partial charge in [-0.05, 0) is 48.8 Å². The van der Waals surface area contributed by atoms with Gasteiger partial charge in [0, 0.05) is 25.2 Å². The van der Waals surface area contributed by atoms with Crippen LogP contribution in [0.5, 0.6) is 0 Å². The lowest BCUT2D eigenvalue weighted by molar-refractivity contribution is -0.384. The summed E-state index contributed by atoms with van der Waals surface area (Å²) < 4.78 is 27.4. The van der Waals surface area contributed by atoms with Gasteiger partial charge in [0.2, 0.25) is 10.0 Å². The predicted molar refractivity (Wildman–Crippen MR) is 97.4 cm³/mol. The number of nitro benzene ring substituents is 1. The second kappa shape index (κ2) is 6.17. The molecule has 0 bridgehead atoms. The van der Waals surface area contributed by atoms with E-state index in [-0.39, 0.29) is 17.5 Å². The van der Waals surface area contributed by atoms with Crippen LogP contribution in [0.2, 0.25) is 0 Å². The minimum absolute atomic E-state index is 0.0830. The lowest BCUT2D eigenvalue weighted by Crippen LogP contribution is -2.33. The highest BCUT2D eigenvalue weighted by atomic mass is 32.2. The number of non-ortho nitro benzene ring substituents is 1. The number of sulfonamides is 1. The number of fused-ring (bicyclic) bond motifs is 1. The number of nitro groups is 1. The molecule has 2 aromatic rings. The maximum Gasteiger partial charge on any atom is 0.269 e. The number of hydrogen-bond acceptors (Lipinski definition) is 4. The Morgan fingerprint density at radius 1 is 1.04 bits per heavy atom. The van der Waals surface area contributed by atoms with Gasteiger partial charge >= 0.3 is 0 Å². The molecule has 0 unspecified atom stereocenters. The summed E-state index contributed by atoms with van der Waals surface area (Å²) in [5.41, 5.74) is 2.18. The Morgan fingerprint density at radius 3 is 2.31 bits per heavy atom. The summed E-state index contributed by atoms with van der Waals surface area (Å²) in [6.07, 6.45) is 0.933. The quantitative estimate of drug-likeness (QED) is 0.609. The largest absolute Gasteiger partial charge is 0.269 e. The first kappa shape index (κ1) is 17.2. The second-order valence-corrected chi connectivity index (χ2v) is 9.19. The number of aryl methyl sites for hydroxylation is 1. The fraction of sp³-hybridized carbons (Fsp3) is 0.368. The zero-order chi connectivity index (χ0) is 18.5. The highest BCUT2D eigenvalue weighted by Crippen LogP contribution is 2.52. The van der Waals surface area contributed by atoms with Crippen LogP contribution in [0.25, 0.3) is 0 Å². The Bertz CT molecular complexity index is 939. The van der Waals surface area contributed by atoms with E-state index >= 15 is 0 Å². The van der Waals surface area contributed by atoms with Gasteiger partial charge in [0.15, 0.2) is 0 Å². The number of hydrogen-bond donors (Lipinski definition) is 0. The zero-order valence-corrected chi connectivity index (χ0v) is 15.2. The van der Waals surface area contributed by atoms with Gasteiger partial charge in [-0.25, -0.2) is 8.42 Å². The molecule has 1 aliphatic heterocycles. The van der Waals surface area contributed by atoms with Crippen LogP contribution in [-0.2, 0) is 10.0 Å². The van der Waals surface area contributed by atoms with Crippen LogP contribution in [0, 0.1) is 28.9 Å². The second-order valence-electron chi connectivity index (χ2n) is 7.25. The summed E-state index contributed by atoms with van der Waals surface area (Å²) in [4.78, 5) is 10.7. The molecule has 1 saturated heterocycles. The molecule has 0 radical (unpaired) electrons. The van der Waals surface area contributed by atoms with Gasteiger partial charge in [-0.2, -0.15) is 4.31 Å². The maximum absolute atomic E-state index is 12.9. The van der Waals surface area contributed by atoms with Crippen molar-refractivity contribution in [3.63, 3.8) is 0 Å². The van der Waals surface area contributed by atoms with Gasteiger partial charge in [0.05, 0.1) is 9.82 Å². The number of rotatable bonds is 4. The van der Waals surface area contributed by atoms with Gasteiger partial charge in [0.25, 0.3) is 5.69 Å². The Hall–Kier alpha value is -2.25. The summed E-state index contributed by atoms with van der Waals surface area (Å²) in [5, 5.41) is 10.8. The summed E-state index contributed by atoms with van der Waals surface area (Å²) >= 11 is 0. The lowest BCUT2D eigenvalue weighted by atomic mass is 9.64. The van der Waals surface area contributed by atoms with Crippen LogP contribution in [0.3, 0.4) is 0 Å². The van der Waals surface area contributed by atoms with E-state index < -0.39 is 14.9 Å². The molecule has 0 amide bonds. The van der Waals surface area contributed by atoms with Crippen LogP contribution in [-0.4, -0.2) is 30.7 Å². The van der Waals surface area contributed by atoms with Gasteiger partial charge < -0.3 is 0 Å². The van der Waals surface area contributed by atoms with Crippen LogP contribution in [0.4, 0.5) is 5.69 Å². The monoisotopic (exact) mass is 372 g/mol. The van der Waals surface area contributed by atoms with Crippen molar-refractivity contribution in [2.24, 2.45) is 11.8 Å². The minimum Gasteiger partial charge on any atom is -0.258 e. The molecule has 7 heteroatoms. The number of nitrogens with zero attached hydrogens (tertiary/aromatic N) is 2. The predicted octanol–water partition coefficient (Wildman–Crippen LogP) is 3.33. The molecule has 136 valence electrons. The molecule has 2 aliphatic rings. The van der Waals surface area contributed by atoms with Gasteiger partial charge in [0.1, 0.15) is 0 Å². The van der Waals surface area contributed by atoms with Crippen LogP contribution >= 0.6 is 0 Å². The first-order chi connectivity index (χ1) is 12.4. The molecule has 3 atom stereocenters. The van der Waals surface area contributed by atoms with E-state index in [9.17, 15) is 18.5 Å². The van der Waals surface area contributed by atoms with Gasteiger partial charge in [-0.3, -0.25) is 10.1 Å². The Kier molecular flexibility index (Phi) is 4.08. The highest BCUT2D eigenvalue weighted by Gasteiger charge is 2.50. The van der Waals surface area contributed by atoms with Crippen LogP contribution in [0.1, 0.15) is 23.5 Å². The van der Waals surface area contributed by atoms with E-state index in [0.29, 0.717) is 23.9 Å². The first-order valence-electron chi connectivity index (χ1n) is 8.67. The van der Waals surface area contributed by atoms with Crippen LogP contribution < -0.4 is 0 Å². The van der Waals surface area contributed by atoms with E-state index in [1.165, 1.54) is 12.1 Å². The third kappa shape index (κ3) is 2.81. The third-order valence-electron chi connectivity index (χ3n) is 5.72. The molecule has 26 heavy (non-hydrogen) atoms. The van der Waals surface area contributed by atoms with E-state index in [4.69, 9.17) is 0 Å². The fourth-order valence-corrected chi connectivity index (χ4v) is 5.68. The Labute approximate surface area is 152 Å². The number of benzene rings is 2. The molecule has 1 aliphatic carbocycles. The van der Waals surface area contributed by atoms with Crippen molar-refractivity contribution < 1.29 is 13.3 Å². The molecule has 0 spiro atoms. The van der Waals surface area contributed by atoms with Crippen molar-refractivity contribution >= 4 is 15.7 Å². The summed E-state index contributed by atoms with van der Waals surface area (Å²) in [6.45, 7) is 3.01.